The second-order valence-corrected chi connectivity index (χ2v) is 9.04. The molecule has 0 spiro atoms. The maximum atomic E-state index is 13.1. The molecule has 10 nitrogen and oxygen atoms in total. The summed E-state index contributed by atoms with van der Waals surface area (Å²) in [6.07, 6.45) is 3.96. The van der Waals surface area contributed by atoms with E-state index in [4.69, 9.17) is 19.8 Å². The number of benzene rings is 1. The first-order valence-electron chi connectivity index (χ1n) is 11.7. The molecule has 2 fully saturated rings. The van der Waals surface area contributed by atoms with Crippen molar-refractivity contribution < 1.29 is 24.6 Å². The maximum absolute atomic E-state index is 13.1. The van der Waals surface area contributed by atoms with Crippen LogP contribution >= 0.6 is 0 Å². The van der Waals surface area contributed by atoms with E-state index in [0.29, 0.717) is 18.4 Å². The highest BCUT2D eigenvalue weighted by Gasteiger charge is 2.49. The molecule has 2 aliphatic rings. The summed E-state index contributed by atoms with van der Waals surface area (Å²) in [6.45, 7) is 9.05. The van der Waals surface area contributed by atoms with Crippen LogP contribution in [-0.2, 0) is 27.5 Å². The third kappa shape index (κ3) is 7.12. The molecule has 0 aliphatic carbocycles. The fourth-order valence-electron chi connectivity index (χ4n) is 5.18. The Balaban J connectivity index is 0.000000655. The van der Waals surface area contributed by atoms with Crippen LogP contribution in [0.3, 0.4) is 0 Å². The van der Waals surface area contributed by atoms with Gasteiger partial charge in [0.15, 0.2) is 0 Å². The number of nitrogens with zero attached hydrogens (tertiary/aromatic N) is 5. The Morgan fingerprint density at radius 3 is 2.40 bits per heavy atom. The lowest BCUT2D eigenvalue weighted by Gasteiger charge is -2.31. The molecule has 3 heterocycles. The molecule has 1 amide bonds. The first-order chi connectivity index (χ1) is 16.8. The summed E-state index contributed by atoms with van der Waals surface area (Å²) in [5.41, 5.74) is 2.59. The molecule has 3 atom stereocenters. The van der Waals surface area contributed by atoms with Crippen molar-refractivity contribution in [2.24, 2.45) is 11.8 Å². The standard InChI is InChI=1S/C23H33N5O.2CH2O2/c1-5-27-11-10-24-21(27)15-26-12-18-13-28(22(29)16-25(3)4)23(20(18)14-26)19-9-7-6-8-17(19)2;2*2-1-3/h6-11,18,20,23H,5,12-16H2,1-4H3;2*1H,(H,2,3)/t18-,20-,23+;;/m1../s1. The molecule has 0 bridgehead atoms. The van der Waals surface area contributed by atoms with Crippen LogP contribution in [0.1, 0.15) is 29.9 Å². The lowest BCUT2D eigenvalue weighted by atomic mass is 9.87. The van der Waals surface area contributed by atoms with Gasteiger partial charge < -0.3 is 24.6 Å². The summed E-state index contributed by atoms with van der Waals surface area (Å²) < 4.78 is 2.22. The van der Waals surface area contributed by atoms with Gasteiger partial charge in [0.25, 0.3) is 12.9 Å². The molecule has 1 aromatic heterocycles. The van der Waals surface area contributed by atoms with Crippen molar-refractivity contribution in [1.82, 2.24) is 24.3 Å². The van der Waals surface area contributed by atoms with E-state index in [1.54, 1.807) is 0 Å². The summed E-state index contributed by atoms with van der Waals surface area (Å²) in [5.74, 6) is 2.38. The predicted octanol–water partition coefficient (Wildman–Crippen LogP) is 1.81. The summed E-state index contributed by atoms with van der Waals surface area (Å²) >= 11 is 0. The van der Waals surface area contributed by atoms with E-state index < -0.39 is 0 Å². The molecule has 2 N–H and O–H groups in total. The molecule has 1 aromatic carbocycles. The number of likely N-dealkylation sites (tertiary alicyclic amines) is 2. The number of hydrogen-bond acceptors (Lipinski definition) is 6. The van der Waals surface area contributed by atoms with Gasteiger partial charge in [-0.05, 0) is 45.0 Å². The van der Waals surface area contributed by atoms with Crippen LogP contribution < -0.4 is 0 Å². The van der Waals surface area contributed by atoms with Crippen LogP contribution in [0.2, 0.25) is 0 Å². The van der Waals surface area contributed by atoms with E-state index in [9.17, 15) is 4.79 Å². The van der Waals surface area contributed by atoms with Crippen LogP contribution in [0.5, 0.6) is 0 Å². The van der Waals surface area contributed by atoms with Crippen LogP contribution in [0, 0.1) is 18.8 Å². The minimum Gasteiger partial charge on any atom is -0.483 e. The van der Waals surface area contributed by atoms with Gasteiger partial charge in [-0.2, -0.15) is 0 Å². The van der Waals surface area contributed by atoms with Gasteiger partial charge in [-0.15, -0.1) is 0 Å². The molecule has 2 aliphatic heterocycles. The number of carbonyl (C=O) groups is 3. The van der Waals surface area contributed by atoms with Crippen molar-refractivity contribution in [3.05, 3.63) is 53.6 Å². The first kappa shape index (κ1) is 28.0. The minimum atomic E-state index is -0.250. The Morgan fingerprint density at radius 1 is 1.14 bits per heavy atom. The van der Waals surface area contributed by atoms with E-state index in [2.05, 4.69) is 63.7 Å². The molecule has 0 unspecified atom stereocenters. The smallest absolute Gasteiger partial charge is 0.290 e. The maximum Gasteiger partial charge on any atom is 0.290 e. The van der Waals surface area contributed by atoms with Gasteiger partial charge in [0, 0.05) is 44.5 Å². The number of aromatic nitrogens is 2. The Hall–Kier alpha value is -3.24. The Kier molecular flexibility index (Phi) is 10.9. The zero-order valence-electron chi connectivity index (χ0n) is 20.9. The van der Waals surface area contributed by atoms with Crippen molar-refractivity contribution in [3.8, 4) is 0 Å². The van der Waals surface area contributed by atoms with E-state index >= 15 is 0 Å². The monoisotopic (exact) mass is 487 g/mol. The number of amides is 1. The van der Waals surface area contributed by atoms with Crippen molar-refractivity contribution in [2.75, 3.05) is 40.3 Å². The number of imidazole rings is 1. The van der Waals surface area contributed by atoms with Gasteiger partial charge in [0.05, 0.1) is 19.1 Å². The molecule has 35 heavy (non-hydrogen) atoms. The van der Waals surface area contributed by atoms with Gasteiger partial charge in [-0.25, -0.2) is 4.98 Å². The van der Waals surface area contributed by atoms with Crippen molar-refractivity contribution in [3.63, 3.8) is 0 Å². The normalized spacial score (nSPS) is 20.9. The average Bonchev–Trinajstić information content (AvgIpc) is 3.49. The van der Waals surface area contributed by atoms with Crippen LogP contribution in [-0.4, -0.2) is 93.6 Å². The number of fused-ring (bicyclic) bond motifs is 1. The third-order valence-corrected chi connectivity index (χ3v) is 6.53. The van der Waals surface area contributed by atoms with Gasteiger partial charge in [0.2, 0.25) is 5.91 Å². The van der Waals surface area contributed by atoms with Gasteiger partial charge >= 0.3 is 0 Å². The summed E-state index contributed by atoms with van der Waals surface area (Å²) in [6, 6.07) is 8.74. The number of carbonyl (C=O) groups excluding carboxylic acids is 1. The summed E-state index contributed by atoms with van der Waals surface area (Å²) in [7, 11) is 3.93. The van der Waals surface area contributed by atoms with Crippen LogP contribution in [0.4, 0.5) is 0 Å². The highest BCUT2D eigenvalue weighted by Crippen LogP contribution is 2.46. The van der Waals surface area contributed by atoms with Crippen molar-refractivity contribution in [1.29, 1.82) is 0 Å². The molecule has 2 aromatic rings. The number of rotatable bonds is 6. The van der Waals surface area contributed by atoms with E-state index in [1.807, 2.05) is 25.2 Å². The Morgan fingerprint density at radius 2 is 1.80 bits per heavy atom. The SMILES string of the molecule is CCn1ccnc1CN1C[C@@H]2CN(C(=O)CN(C)C)[C@@H](c3ccccc3C)[C@@H]2C1.O=CO.O=CO. The quantitative estimate of drug-likeness (QED) is 0.592. The van der Waals surface area contributed by atoms with Crippen molar-refractivity contribution in [2.45, 2.75) is 33.0 Å². The summed E-state index contributed by atoms with van der Waals surface area (Å²) in [4.78, 5) is 41.0. The second-order valence-electron chi connectivity index (χ2n) is 9.04. The van der Waals surface area contributed by atoms with E-state index in [1.165, 1.54) is 11.1 Å². The van der Waals surface area contributed by atoms with Crippen molar-refractivity contribution >= 4 is 18.9 Å². The molecular formula is C25H37N5O5. The van der Waals surface area contributed by atoms with E-state index in [-0.39, 0.29) is 24.9 Å². The minimum absolute atomic E-state index is 0.171. The topological polar surface area (TPSA) is 119 Å². The number of hydrogen-bond donors (Lipinski definition) is 2. The lowest BCUT2D eigenvalue weighted by Crippen LogP contribution is -2.40. The summed E-state index contributed by atoms with van der Waals surface area (Å²) in [5, 5.41) is 13.8. The molecule has 4 rings (SSSR count). The fourth-order valence-corrected chi connectivity index (χ4v) is 5.18. The van der Waals surface area contributed by atoms with Gasteiger partial charge in [-0.3, -0.25) is 19.3 Å². The molecule has 10 heteroatoms. The molecule has 0 radical (unpaired) electrons. The highest BCUT2D eigenvalue weighted by atomic mass is 16.3. The predicted molar refractivity (Wildman–Crippen MR) is 132 cm³/mol. The first-order valence-corrected chi connectivity index (χ1v) is 11.7. The zero-order valence-corrected chi connectivity index (χ0v) is 20.9. The van der Waals surface area contributed by atoms with Gasteiger partial charge in [0.1, 0.15) is 5.82 Å². The Labute approximate surface area is 206 Å². The largest absolute Gasteiger partial charge is 0.483 e. The molecule has 192 valence electrons. The molecule has 0 saturated carbocycles. The third-order valence-electron chi connectivity index (χ3n) is 6.53. The number of carboxylic acid groups (broad SMARTS) is 2. The second kappa shape index (κ2) is 13.6. The van der Waals surface area contributed by atoms with Gasteiger partial charge in [-0.1, -0.05) is 24.3 Å². The fraction of sp³-hybridized carbons (Fsp3) is 0.520. The average molecular weight is 488 g/mol. The van der Waals surface area contributed by atoms with Crippen LogP contribution in [0.15, 0.2) is 36.7 Å². The molecule has 2 saturated heterocycles. The zero-order chi connectivity index (χ0) is 26.0. The van der Waals surface area contributed by atoms with Crippen LogP contribution in [0.25, 0.3) is 0 Å². The number of aryl methyl sites for hydroxylation is 2. The van der Waals surface area contributed by atoms with E-state index in [0.717, 1.165) is 38.5 Å². The Bertz CT molecular complexity index is 957. The lowest BCUT2D eigenvalue weighted by molar-refractivity contribution is -0.133. The number of likely N-dealkylation sites (N-methyl/N-ethyl adjacent to an activating group) is 1. The molecular weight excluding hydrogens is 450 g/mol. The highest BCUT2D eigenvalue weighted by molar-refractivity contribution is 5.79.